The number of aromatic nitrogens is 2. The number of carbonyl (C=O) groups is 2. The van der Waals surface area contributed by atoms with Crippen molar-refractivity contribution < 1.29 is 19.1 Å². The number of anilines is 1. The number of benzene rings is 3. The number of nitrogens with one attached hydrogen (secondary N) is 1. The van der Waals surface area contributed by atoms with E-state index in [9.17, 15) is 9.59 Å². The molecule has 0 aliphatic carbocycles. The van der Waals surface area contributed by atoms with Crippen LogP contribution in [0.25, 0.3) is 33.4 Å². The number of nitrogens with zero attached hydrogens (tertiary/aromatic N) is 2. The molecule has 2 heterocycles. The smallest absolute Gasteiger partial charge is 0.350 e. The fourth-order valence-electron chi connectivity index (χ4n) is 3.94. The van der Waals surface area contributed by atoms with Crippen LogP contribution in [-0.2, 0) is 4.74 Å². The van der Waals surface area contributed by atoms with Gasteiger partial charge in [-0.25, -0.2) is 14.8 Å². The Morgan fingerprint density at radius 2 is 1.62 bits per heavy atom. The van der Waals surface area contributed by atoms with E-state index in [1.165, 1.54) is 0 Å². The van der Waals surface area contributed by atoms with Crippen LogP contribution in [0.2, 0.25) is 0 Å². The minimum Gasteiger partial charge on any atom is -0.497 e. The van der Waals surface area contributed by atoms with Gasteiger partial charge in [-0.2, -0.15) is 0 Å². The van der Waals surface area contributed by atoms with Gasteiger partial charge in [0.2, 0.25) is 0 Å². The number of hydrogen-bond donors (Lipinski definition) is 1. The second-order valence-electron chi connectivity index (χ2n) is 8.04. The molecule has 0 spiro atoms. The number of esters is 1. The maximum atomic E-state index is 13.6. The van der Waals surface area contributed by atoms with Crippen LogP contribution in [0.15, 0.2) is 84.9 Å². The number of methoxy groups -OCH3 is 1. The van der Waals surface area contributed by atoms with Crippen molar-refractivity contribution in [2.24, 2.45) is 0 Å². The third-order valence-corrected chi connectivity index (χ3v) is 6.65. The first-order chi connectivity index (χ1) is 18.1. The summed E-state index contributed by atoms with van der Waals surface area (Å²) in [7, 11) is 1.61. The van der Waals surface area contributed by atoms with Gasteiger partial charge in [0.05, 0.1) is 36.2 Å². The summed E-state index contributed by atoms with van der Waals surface area (Å²) in [5.74, 6) is -0.0921. The van der Waals surface area contributed by atoms with Crippen molar-refractivity contribution in [2.75, 3.05) is 19.0 Å². The molecule has 0 aliphatic rings. The zero-order chi connectivity index (χ0) is 25.8. The van der Waals surface area contributed by atoms with Gasteiger partial charge in [0.1, 0.15) is 10.6 Å². The molecule has 0 atom stereocenters. The van der Waals surface area contributed by atoms with Gasteiger partial charge in [-0.15, -0.1) is 0 Å². The van der Waals surface area contributed by atoms with Gasteiger partial charge >= 0.3 is 5.97 Å². The lowest BCUT2D eigenvalue weighted by atomic mass is 10.0. The molecular weight excluding hydrogens is 486 g/mol. The summed E-state index contributed by atoms with van der Waals surface area (Å²) in [5, 5.41) is 3.90. The number of para-hydroxylation sites is 1. The number of thiazole rings is 1. The largest absolute Gasteiger partial charge is 0.497 e. The molecule has 0 radical (unpaired) electrons. The average Bonchev–Trinajstić information content (AvgIpc) is 3.37. The lowest BCUT2D eigenvalue weighted by molar-refractivity contribution is 0.0532. The van der Waals surface area contributed by atoms with Crippen LogP contribution in [0.3, 0.4) is 0 Å². The normalized spacial score (nSPS) is 10.8. The minimum absolute atomic E-state index is 0.240. The number of rotatable bonds is 7. The molecule has 5 aromatic rings. The Morgan fingerprint density at radius 1 is 0.892 bits per heavy atom. The van der Waals surface area contributed by atoms with Crippen molar-refractivity contribution in [2.45, 2.75) is 6.92 Å². The molecular formula is C29H23N3O4S. The summed E-state index contributed by atoms with van der Waals surface area (Å²) in [6.07, 6.45) is 0. The van der Waals surface area contributed by atoms with Crippen molar-refractivity contribution in [1.29, 1.82) is 0 Å². The van der Waals surface area contributed by atoms with Gasteiger partial charge in [-0.05, 0) is 43.3 Å². The fraction of sp³-hybridized carbons (Fsp3) is 0.103. The van der Waals surface area contributed by atoms with Crippen LogP contribution in [0, 0.1) is 0 Å². The van der Waals surface area contributed by atoms with E-state index in [1.54, 1.807) is 20.1 Å². The predicted molar refractivity (Wildman–Crippen MR) is 145 cm³/mol. The van der Waals surface area contributed by atoms with Crippen LogP contribution in [-0.4, -0.2) is 35.6 Å². The van der Waals surface area contributed by atoms with E-state index in [0.29, 0.717) is 37.9 Å². The van der Waals surface area contributed by atoms with E-state index >= 15 is 0 Å². The number of fused-ring (bicyclic) bond motifs is 1. The number of hydrogen-bond acceptors (Lipinski definition) is 7. The standard InChI is InChI=1S/C29H23N3O4S/c1-3-36-28(34)26-25(19-9-5-4-6-10-19)31-29(37-26)32-27(33)22-17-24(18-13-15-20(35-2)16-14-18)30-23-12-8-7-11-21(22)23/h4-17H,3H2,1-2H3,(H,31,32,33). The maximum Gasteiger partial charge on any atom is 0.350 e. The van der Waals surface area contributed by atoms with Gasteiger partial charge in [0.25, 0.3) is 5.91 Å². The molecule has 8 heteroatoms. The summed E-state index contributed by atoms with van der Waals surface area (Å²) in [4.78, 5) is 35.9. The molecule has 3 aromatic carbocycles. The highest BCUT2D eigenvalue weighted by atomic mass is 32.1. The molecule has 0 saturated carbocycles. The summed E-state index contributed by atoms with van der Waals surface area (Å²) in [6.45, 7) is 1.99. The highest BCUT2D eigenvalue weighted by molar-refractivity contribution is 7.18. The lowest BCUT2D eigenvalue weighted by Gasteiger charge is -2.10. The average molecular weight is 510 g/mol. The van der Waals surface area contributed by atoms with Gasteiger partial charge < -0.3 is 9.47 Å². The summed E-state index contributed by atoms with van der Waals surface area (Å²) >= 11 is 1.09. The van der Waals surface area contributed by atoms with E-state index in [4.69, 9.17) is 14.5 Å². The summed E-state index contributed by atoms with van der Waals surface area (Å²) < 4.78 is 10.5. The van der Waals surface area contributed by atoms with Crippen LogP contribution in [0.4, 0.5) is 5.13 Å². The number of ether oxygens (including phenoxy) is 2. The lowest BCUT2D eigenvalue weighted by Crippen LogP contribution is -2.13. The first-order valence-corrected chi connectivity index (χ1v) is 12.5. The Labute approximate surface area is 217 Å². The Balaban J connectivity index is 1.54. The molecule has 184 valence electrons. The maximum absolute atomic E-state index is 13.6. The summed E-state index contributed by atoms with van der Waals surface area (Å²) in [6, 6.07) is 26.1. The molecule has 5 rings (SSSR count). The zero-order valence-electron chi connectivity index (χ0n) is 20.2. The molecule has 0 bridgehead atoms. The molecule has 1 amide bonds. The van der Waals surface area contributed by atoms with Gasteiger partial charge in [0.15, 0.2) is 5.13 Å². The van der Waals surface area contributed by atoms with Gasteiger partial charge in [-0.1, -0.05) is 59.9 Å². The Kier molecular flexibility index (Phi) is 6.91. The topological polar surface area (TPSA) is 90.4 Å². The Hall–Kier alpha value is -4.56. The van der Waals surface area contributed by atoms with Gasteiger partial charge in [0, 0.05) is 16.5 Å². The quantitative estimate of drug-likeness (QED) is 0.253. The van der Waals surface area contributed by atoms with E-state index in [-0.39, 0.29) is 12.5 Å². The van der Waals surface area contributed by atoms with E-state index < -0.39 is 5.97 Å². The molecule has 7 nitrogen and oxygen atoms in total. The summed E-state index contributed by atoms with van der Waals surface area (Å²) in [5.41, 5.74) is 3.88. The minimum atomic E-state index is -0.476. The molecule has 0 saturated heterocycles. The highest BCUT2D eigenvalue weighted by Crippen LogP contribution is 2.33. The van der Waals surface area contributed by atoms with Crippen LogP contribution >= 0.6 is 11.3 Å². The second-order valence-corrected chi connectivity index (χ2v) is 9.04. The second kappa shape index (κ2) is 10.6. The number of amides is 1. The van der Waals surface area contributed by atoms with E-state index in [2.05, 4.69) is 10.3 Å². The third-order valence-electron chi connectivity index (χ3n) is 5.70. The van der Waals surface area contributed by atoms with Crippen molar-refractivity contribution in [1.82, 2.24) is 9.97 Å². The fourth-order valence-corrected chi connectivity index (χ4v) is 4.81. The van der Waals surface area contributed by atoms with Crippen LogP contribution < -0.4 is 10.1 Å². The monoisotopic (exact) mass is 509 g/mol. The van der Waals surface area contributed by atoms with Crippen molar-refractivity contribution in [3.63, 3.8) is 0 Å². The molecule has 37 heavy (non-hydrogen) atoms. The first kappa shape index (κ1) is 24.1. The van der Waals surface area contributed by atoms with Crippen molar-refractivity contribution in [3.05, 3.63) is 95.4 Å². The Bertz CT molecular complexity index is 1580. The molecule has 1 N–H and O–H groups in total. The van der Waals surface area contributed by atoms with E-state index in [1.807, 2.05) is 78.9 Å². The predicted octanol–water partition coefficient (Wildman–Crippen LogP) is 6.46. The van der Waals surface area contributed by atoms with Crippen LogP contribution in [0.1, 0.15) is 27.0 Å². The van der Waals surface area contributed by atoms with Gasteiger partial charge in [-0.3, -0.25) is 10.1 Å². The molecule has 2 aromatic heterocycles. The van der Waals surface area contributed by atoms with Crippen molar-refractivity contribution >= 4 is 39.2 Å². The molecule has 0 aliphatic heterocycles. The number of pyridine rings is 1. The molecule has 0 fully saturated rings. The molecule has 0 unspecified atom stereocenters. The SMILES string of the molecule is CCOC(=O)c1sc(NC(=O)c2cc(-c3ccc(OC)cc3)nc3ccccc23)nc1-c1ccccc1. The van der Waals surface area contributed by atoms with E-state index in [0.717, 1.165) is 28.2 Å². The zero-order valence-corrected chi connectivity index (χ0v) is 21.0. The third kappa shape index (κ3) is 5.05. The highest BCUT2D eigenvalue weighted by Gasteiger charge is 2.23. The first-order valence-electron chi connectivity index (χ1n) is 11.7. The Morgan fingerprint density at radius 3 is 2.35 bits per heavy atom. The number of carbonyl (C=O) groups excluding carboxylic acids is 2. The van der Waals surface area contributed by atoms with Crippen molar-refractivity contribution in [3.8, 4) is 28.3 Å². The van der Waals surface area contributed by atoms with Crippen LogP contribution in [0.5, 0.6) is 5.75 Å².